The summed E-state index contributed by atoms with van der Waals surface area (Å²) in [6, 6.07) is -0.205. The summed E-state index contributed by atoms with van der Waals surface area (Å²) in [4.78, 5) is 22.2. The van der Waals surface area contributed by atoms with Gasteiger partial charge in [0.25, 0.3) is 0 Å². The third kappa shape index (κ3) is 12.2. The number of hydrogen-bond acceptors (Lipinski definition) is 3. The van der Waals surface area contributed by atoms with Crippen molar-refractivity contribution in [2.75, 3.05) is 0 Å². The Bertz CT molecular complexity index is 375. The maximum Gasteiger partial charge on any atom is 0.302 e. The van der Waals surface area contributed by atoms with Crippen molar-refractivity contribution >= 4 is 11.9 Å². The molecule has 22 heavy (non-hydrogen) atoms. The lowest BCUT2D eigenvalue weighted by Gasteiger charge is -2.23. The zero-order chi connectivity index (χ0) is 16.8. The van der Waals surface area contributed by atoms with Gasteiger partial charge in [-0.2, -0.15) is 0 Å². The van der Waals surface area contributed by atoms with E-state index in [0.717, 1.165) is 6.42 Å². The van der Waals surface area contributed by atoms with Crippen molar-refractivity contribution in [2.45, 2.75) is 78.4 Å². The smallest absolute Gasteiger partial charge is 0.302 e. The lowest BCUT2D eigenvalue weighted by atomic mass is 10.1. The highest BCUT2D eigenvalue weighted by Gasteiger charge is 2.19. The van der Waals surface area contributed by atoms with E-state index in [1.54, 1.807) is 0 Å². The highest BCUT2D eigenvalue weighted by Crippen LogP contribution is 2.07. The van der Waals surface area contributed by atoms with E-state index in [1.807, 2.05) is 25.2 Å². The third-order valence-electron chi connectivity index (χ3n) is 3.28. The van der Waals surface area contributed by atoms with Crippen LogP contribution in [-0.2, 0) is 14.3 Å². The molecule has 1 amide bonds. The van der Waals surface area contributed by atoms with E-state index in [2.05, 4.69) is 18.3 Å². The summed E-state index contributed by atoms with van der Waals surface area (Å²) in [6.07, 6.45) is 14.5. The average molecular weight is 309 g/mol. The lowest BCUT2D eigenvalue weighted by molar-refractivity contribution is -0.148. The van der Waals surface area contributed by atoms with Crippen molar-refractivity contribution in [1.29, 1.82) is 0 Å². The van der Waals surface area contributed by atoms with E-state index in [0.29, 0.717) is 6.42 Å². The van der Waals surface area contributed by atoms with Crippen LogP contribution in [0.4, 0.5) is 0 Å². The van der Waals surface area contributed by atoms with Gasteiger partial charge in [0.05, 0.1) is 6.04 Å². The Kier molecular flexibility index (Phi) is 12.2. The second-order valence-corrected chi connectivity index (χ2v) is 5.58. The summed E-state index contributed by atoms with van der Waals surface area (Å²) in [7, 11) is 0. The average Bonchev–Trinajstić information content (AvgIpc) is 2.43. The molecule has 0 saturated heterocycles. The van der Waals surface area contributed by atoms with Crippen molar-refractivity contribution in [1.82, 2.24) is 5.32 Å². The standard InChI is InChI=1S/C18H31NO3/c1-5-6-7-8-9-10-11-12-13-14-18(22-17(4)21)15(2)19-16(3)20/h10-13,15,18H,5-9,14H2,1-4H3,(H,19,20)/b11-10+,13-12+/t15-,18-/m1/s1. The Balaban J connectivity index is 4.15. The Morgan fingerprint density at radius 2 is 1.77 bits per heavy atom. The molecule has 4 heteroatoms. The van der Waals surface area contributed by atoms with E-state index in [1.165, 1.54) is 39.5 Å². The maximum absolute atomic E-state index is 11.1. The molecule has 0 aromatic heterocycles. The molecule has 0 aliphatic heterocycles. The van der Waals surface area contributed by atoms with Crippen LogP contribution in [0.5, 0.6) is 0 Å². The first kappa shape index (κ1) is 20.4. The van der Waals surface area contributed by atoms with Gasteiger partial charge in [-0.3, -0.25) is 9.59 Å². The molecule has 0 heterocycles. The Morgan fingerprint density at radius 1 is 1.09 bits per heavy atom. The normalized spacial score (nSPS) is 14.2. The quantitative estimate of drug-likeness (QED) is 0.357. The molecule has 0 rings (SSSR count). The molecule has 126 valence electrons. The van der Waals surface area contributed by atoms with Crippen LogP contribution in [0.25, 0.3) is 0 Å². The molecule has 0 aliphatic rings. The van der Waals surface area contributed by atoms with E-state index in [4.69, 9.17) is 4.74 Å². The predicted molar refractivity (Wildman–Crippen MR) is 90.5 cm³/mol. The lowest BCUT2D eigenvalue weighted by Crippen LogP contribution is -2.41. The molecule has 0 spiro atoms. The van der Waals surface area contributed by atoms with Gasteiger partial charge in [-0.05, 0) is 19.8 Å². The van der Waals surface area contributed by atoms with E-state index in [9.17, 15) is 9.59 Å². The van der Waals surface area contributed by atoms with Gasteiger partial charge in [0, 0.05) is 20.3 Å². The fraction of sp³-hybridized carbons (Fsp3) is 0.667. The molecule has 2 atom stereocenters. The van der Waals surface area contributed by atoms with Gasteiger partial charge in [0.15, 0.2) is 0 Å². The minimum absolute atomic E-state index is 0.124. The molecule has 0 radical (unpaired) electrons. The Hall–Kier alpha value is -1.58. The second kappa shape index (κ2) is 13.1. The molecule has 0 unspecified atom stereocenters. The topological polar surface area (TPSA) is 55.4 Å². The van der Waals surface area contributed by atoms with Gasteiger partial charge < -0.3 is 10.1 Å². The van der Waals surface area contributed by atoms with Crippen LogP contribution < -0.4 is 5.32 Å². The largest absolute Gasteiger partial charge is 0.460 e. The first-order valence-corrected chi connectivity index (χ1v) is 8.23. The number of rotatable bonds is 11. The molecule has 0 aliphatic carbocycles. The molecule has 0 aromatic rings. The van der Waals surface area contributed by atoms with Crippen LogP contribution in [0.15, 0.2) is 24.3 Å². The second-order valence-electron chi connectivity index (χ2n) is 5.58. The maximum atomic E-state index is 11.1. The third-order valence-corrected chi connectivity index (χ3v) is 3.28. The Morgan fingerprint density at radius 3 is 2.36 bits per heavy atom. The van der Waals surface area contributed by atoms with Crippen LogP contribution in [0, 0.1) is 0 Å². The number of ether oxygens (including phenoxy) is 1. The van der Waals surface area contributed by atoms with Gasteiger partial charge in [-0.1, -0.05) is 50.5 Å². The summed E-state index contributed by atoms with van der Waals surface area (Å²) in [5, 5.41) is 2.76. The fourth-order valence-corrected chi connectivity index (χ4v) is 2.14. The van der Waals surface area contributed by atoms with Crippen molar-refractivity contribution in [3.05, 3.63) is 24.3 Å². The monoisotopic (exact) mass is 309 g/mol. The minimum Gasteiger partial charge on any atom is -0.460 e. The number of esters is 1. The Labute approximate surface area is 135 Å². The van der Waals surface area contributed by atoms with Crippen molar-refractivity contribution in [3.8, 4) is 0 Å². The fourth-order valence-electron chi connectivity index (χ4n) is 2.14. The van der Waals surface area contributed by atoms with Gasteiger partial charge in [0.2, 0.25) is 5.91 Å². The van der Waals surface area contributed by atoms with Crippen LogP contribution in [0.1, 0.15) is 66.2 Å². The van der Waals surface area contributed by atoms with Crippen LogP contribution in [-0.4, -0.2) is 24.0 Å². The van der Waals surface area contributed by atoms with Crippen LogP contribution >= 0.6 is 0 Å². The zero-order valence-electron chi connectivity index (χ0n) is 14.4. The number of amides is 1. The van der Waals surface area contributed by atoms with E-state index < -0.39 is 0 Å². The molecule has 0 aromatic carbocycles. The summed E-state index contributed by atoms with van der Waals surface area (Å²) in [5.41, 5.74) is 0. The summed E-state index contributed by atoms with van der Waals surface area (Å²) in [5.74, 6) is -0.456. The number of allylic oxidation sites excluding steroid dienone is 3. The molecule has 0 bridgehead atoms. The molecular weight excluding hydrogens is 278 g/mol. The highest BCUT2D eigenvalue weighted by molar-refractivity contribution is 5.73. The van der Waals surface area contributed by atoms with Gasteiger partial charge in [0.1, 0.15) is 6.10 Å². The number of carbonyl (C=O) groups is 2. The molecule has 4 nitrogen and oxygen atoms in total. The van der Waals surface area contributed by atoms with Gasteiger partial charge >= 0.3 is 5.97 Å². The first-order valence-electron chi connectivity index (χ1n) is 8.23. The predicted octanol–water partition coefficient (Wildman–Crippen LogP) is 3.92. The summed E-state index contributed by atoms with van der Waals surface area (Å²) in [6.45, 7) is 6.89. The van der Waals surface area contributed by atoms with Crippen LogP contribution in [0.2, 0.25) is 0 Å². The van der Waals surface area contributed by atoms with Crippen LogP contribution in [0.3, 0.4) is 0 Å². The number of unbranched alkanes of at least 4 members (excludes halogenated alkanes) is 4. The van der Waals surface area contributed by atoms with Gasteiger partial charge in [-0.25, -0.2) is 0 Å². The number of hydrogen-bond donors (Lipinski definition) is 1. The van der Waals surface area contributed by atoms with Crippen molar-refractivity contribution in [2.24, 2.45) is 0 Å². The molecule has 0 saturated carbocycles. The summed E-state index contributed by atoms with van der Waals surface area (Å²) < 4.78 is 5.26. The highest BCUT2D eigenvalue weighted by atomic mass is 16.5. The molecular formula is C18H31NO3. The number of nitrogens with one attached hydrogen (secondary N) is 1. The molecule has 0 fully saturated rings. The van der Waals surface area contributed by atoms with Crippen molar-refractivity contribution < 1.29 is 14.3 Å². The van der Waals surface area contributed by atoms with E-state index >= 15 is 0 Å². The van der Waals surface area contributed by atoms with Crippen molar-refractivity contribution in [3.63, 3.8) is 0 Å². The first-order chi connectivity index (χ1) is 10.5. The number of carbonyl (C=O) groups excluding carboxylic acids is 2. The zero-order valence-corrected chi connectivity index (χ0v) is 14.4. The molecule has 1 N–H and O–H groups in total. The minimum atomic E-state index is -0.337. The summed E-state index contributed by atoms with van der Waals surface area (Å²) >= 11 is 0. The van der Waals surface area contributed by atoms with E-state index in [-0.39, 0.29) is 24.0 Å². The SMILES string of the molecule is CCCCCC/C=C/C=C/C[C@@H](OC(C)=O)[C@@H](C)NC(C)=O. The van der Waals surface area contributed by atoms with Gasteiger partial charge in [-0.15, -0.1) is 0 Å².